The third kappa shape index (κ3) is 2.46. The van der Waals surface area contributed by atoms with Gasteiger partial charge in [-0.1, -0.05) is 22.0 Å². The first-order valence-corrected chi connectivity index (χ1v) is 4.82. The third-order valence-corrected chi connectivity index (χ3v) is 2.48. The van der Waals surface area contributed by atoms with E-state index < -0.39 is 0 Å². The van der Waals surface area contributed by atoms with Crippen LogP contribution in [0.4, 0.5) is 5.69 Å². The molecule has 0 bridgehead atoms. The summed E-state index contributed by atoms with van der Waals surface area (Å²) in [7, 11) is 1.91. The van der Waals surface area contributed by atoms with Gasteiger partial charge in [0.2, 0.25) is 0 Å². The molecule has 0 saturated heterocycles. The van der Waals surface area contributed by atoms with E-state index in [1.807, 2.05) is 43.1 Å². The second kappa shape index (κ2) is 4.29. The molecule has 0 spiro atoms. The number of benzene rings is 1. The third-order valence-electron chi connectivity index (χ3n) is 1.98. The van der Waals surface area contributed by atoms with Crippen molar-refractivity contribution < 1.29 is 0 Å². The lowest BCUT2D eigenvalue weighted by atomic mass is 10.2. The minimum Gasteiger partial charge on any atom is -0.359 e. The first-order chi connectivity index (χ1) is 6.15. The van der Waals surface area contributed by atoms with Crippen molar-refractivity contribution in [2.75, 3.05) is 11.9 Å². The minimum absolute atomic E-state index is 0.103. The molecule has 0 N–H and O–H groups in total. The van der Waals surface area contributed by atoms with Gasteiger partial charge in [0.25, 0.3) is 0 Å². The van der Waals surface area contributed by atoms with Crippen molar-refractivity contribution in [2.45, 2.75) is 13.0 Å². The van der Waals surface area contributed by atoms with Crippen LogP contribution < -0.4 is 4.90 Å². The Labute approximate surface area is 86.9 Å². The summed E-state index contributed by atoms with van der Waals surface area (Å²) in [5, 5.41) is 8.73. The van der Waals surface area contributed by atoms with Crippen LogP contribution in [0.3, 0.4) is 0 Å². The van der Waals surface area contributed by atoms with Gasteiger partial charge in [-0.15, -0.1) is 0 Å². The molecule has 1 aromatic rings. The van der Waals surface area contributed by atoms with Gasteiger partial charge in [0.1, 0.15) is 6.04 Å². The van der Waals surface area contributed by atoms with Crippen LogP contribution >= 0.6 is 15.9 Å². The first-order valence-electron chi connectivity index (χ1n) is 4.03. The van der Waals surface area contributed by atoms with Crippen LogP contribution in [-0.4, -0.2) is 13.1 Å². The van der Waals surface area contributed by atoms with Crippen LogP contribution in [-0.2, 0) is 0 Å². The highest BCUT2D eigenvalue weighted by atomic mass is 79.9. The molecule has 68 valence electrons. The molecule has 3 heteroatoms. The lowest BCUT2D eigenvalue weighted by molar-refractivity contribution is 0.835. The molecule has 1 aromatic carbocycles. The Morgan fingerprint density at radius 3 is 2.77 bits per heavy atom. The number of anilines is 1. The zero-order valence-electron chi connectivity index (χ0n) is 7.66. The van der Waals surface area contributed by atoms with Crippen LogP contribution in [0.15, 0.2) is 28.7 Å². The number of hydrogen-bond donors (Lipinski definition) is 0. The maximum Gasteiger partial charge on any atom is 0.113 e. The van der Waals surface area contributed by atoms with E-state index in [0.29, 0.717) is 0 Å². The van der Waals surface area contributed by atoms with Crippen LogP contribution in [0.2, 0.25) is 0 Å². The molecule has 2 nitrogen and oxygen atoms in total. The molecule has 1 unspecified atom stereocenters. The number of hydrogen-bond acceptors (Lipinski definition) is 2. The van der Waals surface area contributed by atoms with Crippen LogP contribution in [0.1, 0.15) is 6.92 Å². The smallest absolute Gasteiger partial charge is 0.113 e. The Bertz CT molecular complexity index is 330. The van der Waals surface area contributed by atoms with Crippen molar-refractivity contribution in [3.05, 3.63) is 28.7 Å². The molecular formula is C10H11BrN2. The summed E-state index contributed by atoms with van der Waals surface area (Å²) in [4.78, 5) is 1.94. The molecular weight excluding hydrogens is 228 g/mol. The van der Waals surface area contributed by atoms with Gasteiger partial charge in [-0.05, 0) is 25.1 Å². The fourth-order valence-corrected chi connectivity index (χ4v) is 1.39. The average molecular weight is 239 g/mol. The molecule has 0 fully saturated rings. The van der Waals surface area contributed by atoms with Crippen LogP contribution in [0, 0.1) is 11.3 Å². The highest BCUT2D eigenvalue weighted by Gasteiger charge is 2.07. The molecule has 1 rings (SSSR count). The lowest BCUT2D eigenvalue weighted by Crippen LogP contribution is -2.26. The fraction of sp³-hybridized carbons (Fsp3) is 0.300. The molecule has 0 radical (unpaired) electrons. The second-order valence-corrected chi connectivity index (χ2v) is 3.81. The average Bonchev–Trinajstić information content (AvgIpc) is 2.15. The van der Waals surface area contributed by atoms with Gasteiger partial charge < -0.3 is 4.90 Å². The van der Waals surface area contributed by atoms with Crippen molar-refractivity contribution in [1.29, 1.82) is 5.26 Å². The molecule has 0 heterocycles. The van der Waals surface area contributed by atoms with E-state index in [9.17, 15) is 0 Å². The summed E-state index contributed by atoms with van der Waals surface area (Å²) in [5.74, 6) is 0. The summed E-state index contributed by atoms with van der Waals surface area (Å²) in [6.07, 6.45) is 0. The van der Waals surface area contributed by atoms with Gasteiger partial charge >= 0.3 is 0 Å². The van der Waals surface area contributed by atoms with Crippen molar-refractivity contribution in [1.82, 2.24) is 0 Å². The first kappa shape index (κ1) is 10.1. The normalized spacial score (nSPS) is 11.8. The zero-order valence-corrected chi connectivity index (χ0v) is 9.25. The number of halogens is 1. The van der Waals surface area contributed by atoms with E-state index in [1.165, 1.54) is 0 Å². The fourth-order valence-electron chi connectivity index (χ4n) is 1.01. The van der Waals surface area contributed by atoms with E-state index in [-0.39, 0.29) is 6.04 Å². The van der Waals surface area contributed by atoms with E-state index in [4.69, 9.17) is 5.26 Å². The summed E-state index contributed by atoms with van der Waals surface area (Å²) >= 11 is 3.39. The highest BCUT2D eigenvalue weighted by Crippen LogP contribution is 2.19. The van der Waals surface area contributed by atoms with Gasteiger partial charge in [-0.2, -0.15) is 5.26 Å². The maximum absolute atomic E-state index is 8.73. The van der Waals surface area contributed by atoms with Crippen LogP contribution in [0.5, 0.6) is 0 Å². The standard InChI is InChI=1S/C10H11BrN2/c1-8(7-12)13(2)10-5-3-4-9(11)6-10/h3-6,8H,1-2H3. The topological polar surface area (TPSA) is 27.0 Å². The molecule has 0 saturated carbocycles. The monoisotopic (exact) mass is 238 g/mol. The van der Waals surface area contributed by atoms with Gasteiger partial charge in [0, 0.05) is 17.2 Å². The second-order valence-electron chi connectivity index (χ2n) is 2.90. The van der Waals surface area contributed by atoms with Crippen LogP contribution in [0.25, 0.3) is 0 Å². The number of rotatable bonds is 2. The molecule has 13 heavy (non-hydrogen) atoms. The molecule has 0 aliphatic carbocycles. The molecule has 0 aliphatic rings. The molecule has 0 aliphatic heterocycles. The Balaban J connectivity index is 2.90. The van der Waals surface area contributed by atoms with E-state index in [1.54, 1.807) is 0 Å². The summed E-state index contributed by atoms with van der Waals surface area (Å²) in [6.45, 7) is 1.88. The van der Waals surface area contributed by atoms with Gasteiger partial charge in [0.15, 0.2) is 0 Å². The van der Waals surface area contributed by atoms with Crippen molar-refractivity contribution in [3.8, 4) is 6.07 Å². The predicted molar refractivity (Wildman–Crippen MR) is 57.6 cm³/mol. The molecule has 1 atom stereocenters. The minimum atomic E-state index is -0.103. The number of nitrogens with zero attached hydrogens (tertiary/aromatic N) is 2. The van der Waals surface area contributed by atoms with E-state index >= 15 is 0 Å². The SMILES string of the molecule is CC(C#N)N(C)c1cccc(Br)c1. The quantitative estimate of drug-likeness (QED) is 0.793. The van der Waals surface area contributed by atoms with Crippen molar-refractivity contribution in [3.63, 3.8) is 0 Å². The van der Waals surface area contributed by atoms with Crippen molar-refractivity contribution >= 4 is 21.6 Å². The number of nitriles is 1. The predicted octanol–water partition coefficient (Wildman–Crippen LogP) is 2.80. The Kier molecular flexibility index (Phi) is 3.32. The van der Waals surface area contributed by atoms with Gasteiger partial charge in [-0.25, -0.2) is 0 Å². The maximum atomic E-state index is 8.73. The zero-order chi connectivity index (χ0) is 9.84. The summed E-state index contributed by atoms with van der Waals surface area (Å²) in [5.41, 5.74) is 1.04. The Morgan fingerprint density at radius 1 is 1.54 bits per heavy atom. The van der Waals surface area contributed by atoms with Gasteiger partial charge in [-0.3, -0.25) is 0 Å². The summed E-state index contributed by atoms with van der Waals surface area (Å²) in [6, 6.07) is 9.99. The lowest BCUT2D eigenvalue weighted by Gasteiger charge is -2.21. The van der Waals surface area contributed by atoms with Crippen molar-refractivity contribution in [2.24, 2.45) is 0 Å². The van der Waals surface area contributed by atoms with E-state index in [2.05, 4.69) is 22.0 Å². The largest absolute Gasteiger partial charge is 0.359 e. The molecule has 0 aromatic heterocycles. The highest BCUT2D eigenvalue weighted by molar-refractivity contribution is 9.10. The van der Waals surface area contributed by atoms with Gasteiger partial charge in [0.05, 0.1) is 6.07 Å². The Hall–Kier alpha value is -1.01. The summed E-state index contributed by atoms with van der Waals surface area (Å²) < 4.78 is 1.03. The van der Waals surface area contributed by atoms with E-state index in [0.717, 1.165) is 10.2 Å². The Morgan fingerprint density at radius 2 is 2.23 bits per heavy atom. The molecule has 0 amide bonds.